The van der Waals surface area contributed by atoms with Crippen molar-refractivity contribution in [2.75, 3.05) is 6.54 Å². The third-order valence-electron chi connectivity index (χ3n) is 8.08. The van der Waals surface area contributed by atoms with Crippen LogP contribution in [0, 0.1) is 30.1 Å². The molecule has 4 aliphatic rings. The number of amides is 1. The molecule has 1 amide bonds. The zero-order chi connectivity index (χ0) is 22.7. The standard InChI is InChI=1S/C25H29N5O3/c1-15-5-20(24(32)33)28-30(15)13-19-12-29-21(3-2-4-22(29)27-19)23(31)26-14-25-9-16-6-17(10-25)8-18(7-16)11-25/h2-5,12,16-18H,6-11,13-14H2,1H3,(H,26,31)(H,32,33). The van der Waals surface area contributed by atoms with Crippen molar-refractivity contribution >= 4 is 17.5 Å². The average Bonchev–Trinajstić information content (AvgIpc) is 3.34. The number of carboxylic acid groups (broad SMARTS) is 1. The van der Waals surface area contributed by atoms with Crippen LogP contribution in [0.15, 0.2) is 30.5 Å². The molecule has 8 nitrogen and oxygen atoms in total. The van der Waals surface area contributed by atoms with Crippen molar-refractivity contribution in [3.63, 3.8) is 0 Å². The van der Waals surface area contributed by atoms with E-state index in [0.29, 0.717) is 17.9 Å². The number of pyridine rings is 1. The highest BCUT2D eigenvalue weighted by Gasteiger charge is 2.50. The van der Waals surface area contributed by atoms with E-state index in [4.69, 9.17) is 0 Å². The third kappa shape index (κ3) is 3.61. The second-order valence-corrected chi connectivity index (χ2v) is 10.6. The highest BCUT2D eigenvalue weighted by Crippen LogP contribution is 2.59. The first-order valence-electron chi connectivity index (χ1n) is 11.9. The maximum atomic E-state index is 13.2. The van der Waals surface area contributed by atoms with Crippen LogP contribution in [-0.4, -0.2) is 42.7 Å². The Kier molecular flexibility index (Phi) is 4.61. The highest BCUT2D eigenvalue weighted by molar-refractivity contribution is 5.93. The number of imidazole rings is 1. The van der Waals surface area contributed by atoms with E-state index in [9.17, 15) is 14.7 Å². The summed E-state index contributed by atoms with van der Waals surface area (Å²) in [5, 5.41) is 16.6. The number of aromatic carboxylic acids is 1. The van der Waals surface area contributed by atoms with Crippen LogP contribution in [0.5, 0.6) is 0 Å². The summed E-state index contributed by atoms with van der Waals surface area (Å²) < 4.78 is 3.44. The Morgan fingerprint density at radius 2 is 1.85 bits per heavy atom. The van der Waals surface area contributed by atoms with Gasteiger partial charge in [0.05, 0.1) is 12.2 Å². The quantitative estimate of drug-likeness (QED) is 0.602. The van der Waals surface area contributed by atoms with Crippen molar-refractivity contribution < 1.29 is 14.7 Å². The molecule has 0 aromatic carbocycles. The van der Waals surface area contributed by atoms with E-state index in [1.165, 1.54) is 38.5 Å². The second-order valence-electron chi connectivity index (χ2n) is 10.6. The van der Waals surface area contributed by atoms with Crippen LogP contribution >= 0.6 is 0 Å². The number of nitrogens with zero attached hydrogens (tertiary/aromatic N) is 4. The molecule has 4 aliphatic carbocycles. The predicted molar refractivity (Wildman–Crippen MR) is 121 cm³/mol. The van der Waals surface area contributed by atoms with E-state index in [1.54, 1.807) is 10.7 Å². The normalized spacial score (nSPS) is 27.8. The number of hydrogen-bond donors (Lipinski definition) is 2. The van der Waals surface area contributed by atoms with Gasteiger partial charge in [0.15, 0.2) is 5.69 Å². The first-order chi connectivity index (χ1) is 15.9. The number of fused-ring (bicyclic) bond motifs is 1. The Hall–Kier alpha value is -3.16. The predicted octanol–water partition coefficient (Wildman–Crippen LogP) is 3.53. The van der Waals surface area contributed by atoms with Crippen molar-refractivity contribution in [1.29, 1.82) is 0 Å². The molecule has 172 valence electrons. The first kappa shape index (κ1) is 20.4. The van der Waals surface area contributed by atoms with Gasteiger partial charge in [-0.1, -0.05) is 6.07 Å². The van der Waals surface area contributed by atoms with Gasteiger partial charge in [0.1, 0.15) is 11.3 Å². The van der Waals surface area contributed by atoms with Crippen LogP contribution in [0.3, 0.4) is 0 Å². The Labute approximate surface area is 192 Å². The molecule has 4 saturated carbocycles. The molecule has 3 aromatic heterocycles. The Balaban J connectivity index is 1.20. The molecule has 8 heteroatoms. The van der Waals surface area contributed by atoms with Crippen molar-refractivity contribution in [3.8, 4) is 0 Å². The lowest BCUT2D eigenvalue weighted by atomic mass is 9.49. The highest BCUT2D eigenvalue weighted by atomic mass is 16.4. The SMILES string of the molecule is Cc1cc(C(=O)O)nn1Cc1cn2c(C(=O)NCC34CC5CC(CC(C5)C3)C4)cccc2n1. The van der Waals surface area contributed by atoms with Gasteiger partial charge in [-0.2, -0.15) is 5.10 Å². The summed E-state index contributed by atoms with van der Waals surface area (Å²) >= 11 is 0. The van der Waals surface area contributed by atoms with Crippen LogP contribution in [0.1, 0.15) is 70.9 Å². The lowest BCUT2D eigenvalue weighted by molar-refractivity contribution is -0.0503. The Morgan fingerprint density at radius 1 is 1.15 bits per heavy atom. The van der Waals surface area contributed by atoms with Gasteiger partial charge in [0, 0.05) is 18.4 Å². The fourth-order valence-corrected chi connectivity index (χ4v) is 7.12. The first-order valence-corrected chi connectivity index (χ1v) is 11.9. The second kappa shape index (κ2) is 7.43. The fraction of sp³-hybridized carbons (Fsp3) is 0.520. The molecule has 33 heavy (non-hydrogen) atoms. The minimum atomic E-state index is -1.05. The third-order valence-corrected chi connectivity index (χ3v) is 8.08. The van der Waals surface area contributed by atoms with Gasteiger partial charge in [-0.15, -0.1) is 0 Å². The monoisotopic (exact) mass is 447 g/mol. The molecule has 0 unspecified atom stereocenters. The molecule has 0 spiro atoms. The maximum Gasteiger partial charge on any atom is 0.356 e. The lowest BCUT2D eigenvalue weighted by Gasteiger charge is -2.56. The summed E-state index contributed by atoms with van der Waals surface area (Å²) in [7, 11) is 0. The van der Waals surface area contributed by atoms with E-state index in [1.807, 2.05) is 35.7 Å². The molecule has 0 aliphatic heterocycles. The van der Waals surface area contributed by atoms with Gasteiger partial charge in [0.25, 0.3) is 5.91 Å². The van der Waals surface area contributed by atoms with Crippen LogP contribution in [0.2, 0.25) is 0 Å². The Morgan fingerprint density at radius 3 is 2.48 bits per heavy atom. The number of aryl methyl sites for hydroxylation is 1. The molecular formula is C25H29N5O3. The van der Waals surface area contributed by atoms with Crippen molar-refractivity contribution in [2.24, 2.45) is 23.2 Å². The van der Waals surface area contributed by atoms with Crippen LogP contribution < -0.4 is 5.32 Å². The lowest BCUT2D eigenvalue weighted by Crippen LogP contribution is -2.51. The number of carbonyl (C=O) groups is 2. The van der Waals surface area contributed by atoms with Gasteiger partial charge < -0.3 is 10.4 Å². The summed E-state index contributed by atoms with van der Waals surface area (Å²) in [5.41, 5.74) is 3.03. The molecule has 3 aromatic rings. The zero-order valence-electron chi connectivity index (χ0n) is 18.8. The topological polar surface area (TPSA) is 102 Å². The summed E-state index contributed by atoms with van der Waals surface area (Å²) in [6.07, 6.45) is 9.83. The van der Waals surface area contributed by atoms with Crippen LogP contribution in [0.4, 0.5) is 0 Å². The molecule has 4 bridgehead atoms. The largest absolute Gasteiger partial charge is 0.476 e. The number of carbonyl (C=O) groups excluding carboxylic acids is 1. The van der Waals surface area contributed by atoms with Crippen molar-refractivity contribution in [1.82, 2.24) is 24.5 Å². The summed E-state index contributed by atoms with van der Waals surface area (Å²) in [5.74, 6) is 1.47. The van der Waals surface area contributed by atoms with E-state index in [0.717, 1.165) is 35.7 Å². The molecule has 0 saturated heterocycles. The van der Waals surface area contributed by atoms with Gasteiger partial charge >= 0.3 is 5.97 Å². The Bertz CT molecular complexity index is 1220. The zero-order valence-corrected chi connectivity index (χ0v) is 18.8. The van der Waals surface area contributed by atoms with E-state index >= 15 is 0 Å². The van der Waals surface area contributed by atoms with Crippen molar-refractivity contribution in [3.05, 3.63) is 53.2 Å². The molecule has 7 rings (SSSR count). The number of aromatic nitrogens is 4. The molecule has 4 fully saturated rings. The minimum Gasteiger partial charge on any atom is -0.476 e. The summed E-state index contributed by atoms with van der Waals surface area (Å²) in [6.45, 7) is 2.92. The number of rotatable bonds is 6. The molecule has 0 atom stereocenters. The maximum absolute atomic E-state index is 13.2. The van der Waals surface area contributed by atoms with Gasteiger partial charge in [-0.3, -0.25) is 13.9 Å². The summed E-state index contributed by atoms with van der Waals surface area (Å²) in [6, 6.07) is 7.10. The van der Waals surface area contributed by atoms with E-state index in [-0.39, 0.29) is 17.0 Å². The van der Waals surface area contributed by atoms with E-state index in [2.05, 4.69) is 15.4 Å². The van der Waals surface area contributed by atoms with Gasteiger partial charge in [0.2, 0.25) is 0 Å². The van der Waals surface area contributed by atoms with Crippen LogP contribution in [-0.2, 0) is 6.54 Å². The molecular weight excluding hydrogens is 418 g/mol. The van der Waals surface area contributed by atoms with Crippen molar-refractivity contribution in [2.45, 2.75) is 52.0 Å². The van der Waals surface area contributed by atoms with E-state index < -0.39 is 5.97 Å². The molecule has 0 radical (unpaired) electrons. The fourth-order valence-electron chi connectivity index (χ4n) is 7.12. The van der Waals surface area contributed by atoms with Crippen LogP contribution in [0.25, 0.3) is 5.65 Å². The smallest absolute Gasteiger partial charge is 0.356 e. The molecule has 2 N–H and O–H groups in total. The number of carboxylic acids is 1. The molecule has 3 heterocycles. The number of hydrogen-bond acceptors (Lipinski definition) is 4. The summed E-state index contributed by atoms with van der Waals surface area (Å²) in [4.78, 5) is 29.0. The minimum absolute atomic E-state index is 0.0148. The van der Waals surface area contributed by atoms with Gasteiger partial charge in [-0.05, 0) is 86.8 Å². The average molecular weight is 448 g/mol. The number of nitrogens with one attached hydrogen (secondary N) is 1. The van der Waals surface area contributed by atoms with Gasteiger partial charge in [-0.25, -0.2) is 9.78 Å².